The predicted molar refractivity (Wildman–Crippen MR) is 75.7 cm³/mol. The van der Waals surface area contributed by atoms with Crippen molar-refractivity contribution in [2.75, 3.05) is 0 Å². The van der Waals surface area contributed by atoms with Crippen LogP contribution in [0.4, 0.5) is 0 Å². The molecule has 0 aromatic carbocycles. The lowest BCUT2D eigenvalue weighted by molar-refractivity contribution is 0.152. The van der Waals surface area contributed by atoms with Crippen LogP contribution in [0.1, 0.15) is 48.0 Å². The first-order valence-corrected chi connectivity index (χ1v) is 8.98. The fraction of sp³-hybridized carbons (Fsp3) is 0.857. The van der Waals surface area contributed by atoms with E-state index in [1.165, 1.54) is 0 Å². The van der Waals surface area contributed by atoms with Crippen molar-refractivity contribution in [3.05, 3.63) is 12.2 Å². The first kappa shape index (κ1) is 14.9. The molecule has 100 valence electrons. The van der Waals surface area contributed by atoms with Crippen LogP contribution in [-0.2, 0) is 4.43 Å². The first-order chi connectivity index (χ1) is 7.80. The van der Waals surface area contributed by atoms with Gasteiger partial charge >= 0.3 is 0 Å². The summed E-state index contributed by atoms with van der Waals surface area (Å²) in [4.78, 5) is 0. The molecule has 0 unspecified atom stereocenters. The molecule has 0 amide bonds. The van der Waals surface area contributed by atoms with E-state index in [0.29, 0.717) is 16.6 Å². The summed E-state index contributed by atoms with van der Waals surface area (Å²) < 4.78 is 6.55. The van der Waals surface area contributed by atoms with Gasteiger partial charge < -0.3 is 9.53 Å². The van der Waals surface area contributed by atoms with Gasteiger partial charge in [0.25, 0.3) is 0 Å². The standard InChI is InChI=1S/C14H28O2Si/c1-10(2)17(11(3)4,12(5)6)16-14-8-7-13(15)9-14/h7-8,10-15H,9H2,1-6H3/t13-,14+/m1/s1. The molecular weight excluding hydrogens is 228 g/mol. The van der Waals surface area contributed by atoms with Crippen molar-refractivity contribution in [3.63, 3.8) is 0 Å². The Labute approximate surface area is 107 Å². The molecule has 0 aliphatic heterocycles. The molecule has 0 aromatic heterocycles. The second-order valence-electron chi connectivity index (χ2n) is 6.16. The molecule has 2 nitrogen and oxygen atoms in total. The number of aliphatic hydroxyl groups is 1. The van der Waals surface area contributed by atoms with Crippen LogP contribution < -0.4 is 0 Å². The third-order valence-electron chi connectivity index (χ3n) is 4.08. The predicted octanol–water partition coefficient (Wildman–Crippen LogP) is 3.87. The fourth-order valence-corrected chi connectivity index (χ4v) is 8.92. The summed E-state index contributed by atoms with van der Waals surface area (Å²) in [6.45, 7) is 13.8. The van der Waals surface area contributed by atoms with E-state index in [0.717, 1.165) is 6.42 Å². The van der Waals surface area contributed by atoms with Crippen LogP contribution in [-0.4, -0.2) is 25.6 Å². The van der Waals surface area contributed by atoms with Crippen molar-refractivity contribution in [2.24, 2.45) is 0 Å². The minimum absolute atomic E-state index is 0.129. The van der Waals surface area contributed by atoms with Crippen LogP contribution in [0.15, 0.2) is 12.2 Å². The van der Waals surface area contributed by atoms with Gasteiger partial charge in [-0.15, -0.1) is 0 Å². The Morgan fingerprint density at radius 3 is 1.76 bits per heavy atom. The molecule has 2 atom stereocenters. The van der Waals surface area contributed by atoms with E-state index in [-0.39, 0.29) is 12.2 Å². The highest BCUT2D eigenvalue weighted by Gasteiger charge is 2.46. The minimum Gasteiger partial charge on any atom is -0.410 e. The maximum atomic E-state index is 9.56. The number of rotatable bonds is 5. The van der Waals surface area contributed by atoms with Crippen LogP contribution in [0, 0.1) is 0 Å². The summed E-state index contributed by atoms with van der Waals surface area (Å²) in [5, 5.41) is 9.56. The Kier molecular flexibility index (Phi) is 4.99. The molecule has 0 aromatic rings. The van der Waals surface area contributed by atoms with E-state index < -0.39 is 8.32 Å². The average Bonchev–Trinajstić information content (AvgIpc) is 2.58. The lowest BCUT2D eigenvalue weighted by Crippen LogP contribution is -2.49. The lowest BCUT2D eigenvalue weighted by Gasteiger charge is -2.43. The monoisotopic (exact) mass is 256 g/mol. The van der Waals surface area contributed by atoms with Gasteiger partial charge in [-0.3, -0.25) is 0 Å². The molecule has 0 fully saturated rings. The van der Waals surface area contributed by atoms with Gasteiger partial charge in [0.2, 0.25) is 8.32 Å². The third-order valence-corrected chi connectivity index (χ3v) is 10.2. The quantitative estimate of drug-likeness (QED) is 0.598. The summed E-state index contributed by atoms with van der Waals surface area (Å²) >= 11 is 0. The van der Waals surface area contributed by atoms with Crippen LogP contribution in [0.2, 0.25) is 16.6 Å². The van der Waals surface area contributed by atoms with Crippen LogP contribution in [0.25, 0.3) is 0 Å². The Balaban J connectivity index is 2.87. The zero-order chi connectivity index (χ0) is 13.2. The SMILES string of the molecule is CC(C)[Si](O[C@H]1C=C[C@@H](O)C1)(C(C)C)C(C)C. The van der Waals surface area contributed by atoms with E-state index >= 15 is 0 Å². The summed E-state index contributed by atoms with van der Waals surface area (Å²) in [7, 11) is -1.78. The molecule has 0 radical (unpaired) electrons. The van der Waals surface area contributed by atoms with Crippen molar-refractivity contribution >= 4 is 8.32 Å². The minimum atomic E-state index is -1.78. The van der Waals surface area contributed by atoms with E-state index in [1.54, 1.807) is 0 Å². The zero-order valence-electron chi connectivity index (χ0n) is 12.1. The number of aliphatic hydroxyl groups excluding tert-OH is 1. The summed E-state index contributed by atoms with van der Waals surface area (Å²) in [6.07, 6.45) is 4.47. The largest absolute Gasteiger partial charge is 0.410 e. The molecule has 3 heteroatoms. The van der Waals surface area contributed by atoms with Gasteiger partial charge in [0.05, 0.1) is 12.2 Å². The molecule has 0 heterocycles. The van der Waals surface area contributed by atoms with Gasteiger partial charge in [-0.1, -0.05) is 53.7 Å². The third kappa shape index (κ3) is 3.01. The molecule has 0 saturated carbocycles. The molecule has 1 aliphatic rings. The highest BCUT2D eigenvalue weighted by Crippen LogP contribution is 2.43. The average molecular weight is 256 g/mol. The smallest absolute Gasteiger partial charge is 0.201 e. The van der Waals surface area contributed by atoms with E-state index in [4.69, 9.17) is 4.43 Å². The van der Waals surface area contributed by atoms with Gasteiger partial charge in [-0.25, -0.2) is 0 Å². The topological polar surface area (TPSA) is 29.5 Å². The normalized spacial score (nSPS) is 25.5. The zero-order valence-corrected chi connectivity index (χ0v) is 13.1. The maximum Gasteiger partial charge on any atom is 0.201 e. The van der Waals surface area contributed by atoms with Crippen molar-refractivity contribution in [3.8, 4) is 0 Å². The van der Waals surface area contributed by atoms with Gasteiger partial charge in [0, 0.05) is 6.42 Å². The van der Waals surface area contributed by atoms with Crippen molar-refractivity contribution in [1.82, 2.24) is 0 Å². The second kappa shape index (κ2) is 5.68. The summed E-state index contributed by atoms with van der Waals surface area (Å²) in [5.41, 5.74) is 1.82. The highest BCUT2D eigenvalue weighted by molar-refractivity contribution is 6.77. The molecule has 17 heavy (non-hydrogen) atoms. The Morgan fingerprint density at radius 2 is 1.47 bits per heavy atom. The van der Waals surface area contributed by atoms with Crippen molar-refractivity contribution < 1.29 is 9.53 Å². The Bertz CT molecular complexity index is 250. The Morgan fingerprint density at radius 1 is 1.00 bits per heavy atom. The van der Waals surface area contributed by atoms with E-state index in [9.17, 15) is 5.11 Å². The Hall–Kier alpha value is -0.123. The van der Waals surface area contributed by atoms with Crippen molar-refractivity contribution in [1.29, 1.82) is 0 Å². The maximum absolute atomic E-state index is 9.56. The van der Waals surface area contributed by atoms with Gasteiger partial charge in [0.15, 0.2) is 0 Å². The molecule has 0 saturated heterocycles. The molecule has 0 bridgehead atoms. The van der Waals surface area contributed by atoms with E-state index in [2.05, 4.69) is 41.5 Å². The van der Waals surface area contributed by atoms with E-state index in [1.807, 2.05) is 12.2 Å². The molecular formula is C14H28O2Si. The fourth-order valence-electron chi connectivity index (χ4n) is 3.41. The van der Waals surface area contributed by atoms with Gasteiger partial charge in [-0.05, 0) is 16.6 Å². The lowest BCUT2D eigenvalue weighted by atomic mass is 10.3. The summed E-state index contributed by atoms with van der Waals surface area (Å²) in [5.74, 6) is 0. The van der Waals surface area contributed by atoms with Crippen molar-refractivity contribution in [2.45, 2.75) is 76.8 Å². The summed E-state index contributed by atoms with van der Waals surface area (Å²) in [6, 6.07) is 0. The highest BCUT2D eigenvalue weighted by atomic mass is 28.4. The van der Waals surface area contributed by atoms with Crippen LogP contribution >= 0.6 is 0 Å². The molecule has 1 rings (SSSR count). The molecule has 1 N–H and O–H groups in total. The first-order valence-electron chi connectivity index (χ1n) is 6.84. The molecule has 0 spiro atoms. The molecule has 1 aliphatic carbocycles. The van der Waals surface area contributed by atoms with Gasteiger partial charge in [0.1, 0.15) is 0 Å². The second-order valence-corrected chi connectivity index (χ2v) is 11.6. The number of hydrogen-bond donors (Lipinski definition) is 1. The van der Waals surface area contributed by atoms with Crippen LogP contribution in [0.3, 0.4) is 0 Å². The van der Waals surface area contributed by atoms with Crippen LogP contribution in [0.5, 0.6) is 0 Å². The number of hydrogen-bond acceptors (Lipinski definition) is 2. The van der Waals surface area contributed by atoms with Gasteiger partial charge in [-0.2, -0.15) is 0 Å².